The largest absolute Gasteiger partial charge is 0.494 e. The van der Waals surface area contributed by atoms with Gasteiger partial charge in [0.25, 0.3) is 5.91 Å². The summed E-state index contributed by atoms with van der Waals surface area (Å²) in [4.78, 5) is 25.1. The van der Waals surface area contributed by atoms with Crippen LogP contribution in [0.1, 0.15) is 24.2 Å². The number of primary amides is 1. The van der Waals surface area contributed by atoms with Gasteiger partial charge in [-0.25, -0.2) is 0 Å². The zero-order valence-corrected chi connectivity index (χ0v) is 12.1. The van der Waals surface area contributed by atoms with Crippen molar-refractivity contribution < 1.29 is 14.3 Å². The van der Waals surface area contributed by atoms with Crippen molar-refractivity contribution in [1.29, 1.82) is 0 Å². The predicted molar refractivity (Wildman–Crippen MR) is 77.3 cm³/mol. The Morgan fingerprint density at radius 1 is 1.35 bits per heavy atom. The molecular formula is C14H21N3O3. The molecule has 0 spiro atoms. The van der Waals surface area contributed by atoms with Gasteiger partial charge in [0.05, 0.1) is 24.9 Å². The van der Waals surface area contributed by atoms with Crippen LogP contribution in [0, 0.1) is 5.92 Å². The molecule has 0 heterocycles. The van der Waals surface area contributed by atoms with Gasteiger partial charge < -0.3 is 21.1 Å². The van der Waals surface area contributed by atoms with Crippen molar-refractivity contribution in [1.82, 2.24) is 4.90 Å². The molecule has 0 atom stereocenters. The van der Waals surface area contributed by atoms with Crippen LogP contribution in [0.2, 0.25) is 0 Å². The number of hydrogen-bond acceptors (Lipinski definition) is 4. The first-order chi connectivity index (χ1) is 9.36. The number of carbonyl (C=O) groups excluding carboxylic acids is 2. The Morgan fingerprint density at radius 3 is 2.50 bits per heavy atom. The molecule has 0 fully saturated rings. The van der Waals surface area contributed by atoms with Crippen molar-refractivity contribution in [2.24, 2.45) is 11.7 Å². The van der Waals surface area contributed by atoms with Gasteiger partial charge in [-0.2, -0.15) is 0 Å². The highest BCUT2D eigenvalue weighted by atomic mass is 16.5. The first kappa shape index (κ1) is 15.8. The molecule has 6 heteroatoms. The third kappa shape index (κ3) is 3.88. The maximum atomic E-state index is 12.5. The van der Waals surface area contributed by atoms with Crippen molar-refractivity contribution in [3.63, 3.8) is 0 Å². The number of nitrogens with zero attached hydrogens (tertiary/aromatic N) is 1. The molecule has 4 N–H and O–H groups in total. The van der Waals surface area contributed by atoms with Crippen molar-refractivity contribution >= 4 is 17.5 Å². The highest BCUT2D eigenvalue weighted by Gasteiger charge is 2.22. The van der Waals surface area contributed by atoms with Crippen LogP contribution in [0.25, 0.3) is 0 Å². The second-order valence-corrected chi connectivity index (χ2v) is 4.97. The van der Waals surface area contributed by atoms with Gasteiger partial charge in [-0.15, -0.1) is 0 Å². The van der Waals surface area contributed by atoms with Gasteiger partial charge in [-0.05, 0) is 18.1 Å². The fourth-order valence-electron chi connectivity index (χ4n) is 1.97. The number of nitrogens with two attached hydrogens (primary N) is 2. The molecule has 0 unspecified atom stereocenters. The minimum absolute atomic E-state index is 0.130. The zero-order valence-electron chi connectivity index (χ0n) is 12.1. The second kappa shape index (κ2) is 6.79. The van der Waals surface area contributed by atoms with Crippen LogP contribution >= 0.6 is 0 Å². The summed E-state index contributed by atoms with van der Waals surface area (Å²) in [6, 6.07) is 4.94. The molecule has 0 saturated heterocycles. The van der Waals surface area contributed by atoms with E-state index in [2.05, 4.69) is 0 Å². The minimum Gasteiger partial charge on any atom is -0.494 e. The van der Waals surface area contributed by atoms with Crippen molar-refractivity contribution in [2.75, 3.05) is 25.9 Å². The van der Waals surface area contributed by atoms with E-state index >= 15 is 0 Å². The highest BCUT2D eigenvalue weighted by molar-refractivity contribution is 6.00. The molecule has 110 valence electrons. The molecule has 1 aromatic carbocycles. The number of para-hydroxylation sites is 1. The summed E-state index contributed by atoms with van der Waals surface area (Å²) in [7, 11) is 1.45. The summed E-state index contributed by atoms with van der Waals surface area (Å²) in [5.41, 5.74) is 11.7. The number of amides is 2. The summed E-state index contributed by atoms with van der Waals surface area (Å²) in [6.07, 6.45) is 0. The van der Waals surface area contributed by atoms with Crippen LogP contribution < -0.4 is 16.2 Å². The van der Waals surface area contributed by atoms with Gasteiger partial charge in [-0.1, -0.05) is 19.9 Å². The smallest absolute Gasteiger partial charge is 0.258 e. The molecule has 0 aromatic heterocycles. The van der Waals surface area contributed by atoms with E-state index in [0.29, 0.717) is 23.5 Å². The lowest BCUT2D eigenvalue weighted by Gasteiger charge is -2.24. The number of anilines is 1. The summed E-state index contributed by atoms with van der Waals surface area (Å²) >= 11 is 0. The summed E-state index contributed by atoms with van der Waals surface area (Å²) < 4.78 is 5.17. The third-order valence-corrected chi connectivity index (χ3v) is 2.70. The molecule has 6 nitrogen and oxygen atoms in total. The lowest BCUT2D eigenvalue weighted by Crippen LogP contribution is -2.40. The summed E-state index contributed by atoms with van der Waals surface area (Å²) in [6.45, 7) is 4.21. The zero-order chi connectivity index (χ0) is 15.3. The molecule has 0 aliphatic heterocycles. The van der Waals surface area contributed by atoms with Crippen molar-refractivity contribution in [3.8, 4) is 5.75 Å². The topological polar surface area (TPSA) is 98.7 Å². The molecule has 0 radical (unpaired) electrons. The van der Waals surface area contributed by atoms with Crippen LogP contribution in [0.5, 0.6) is 5.75 Å². The van der Waals surface area contributed by atoms with E-state index < -0.39 is 5.91 Å². The number of carbonyl (C=O) groups is 2. The Kier molecular flexibility index (Phi) is 5.37. The molecule has 1 rings (SSSR count). The van der Waals surface area contributed by atoms with Gasteiger partial charge in [0.15, 0.2) is 5.75 Å². The average molecular weight is 279 g/mol. The molecule has 20 heavy (non-hydrogen) atoms. The van der Waals surface area contributed by atoms with E-state index in [-0.39, 0.29) is 18.4 Å². The fraction of sp³-hybridized carbons (Fsp3) is 0.429. The molecule has 0 bridgehead atoms. The van der Waals surface area contributed by atoms with Gasteiger partial charge in [-0.3, -0.25) is 9.59 Å². The molecule has 0 aliphatic carbocycles. The number of benzene rings is 1. The third-order valence-electron chi connectivity index (χ3n) is 2.70. The number of ether oxygens (including phenoxy) is 1. The van der Waals surface area contributed by atoms with Crippen LogP contribution in [0.15, 0.2) is 18.2 Å². The van der Waals surface area contributed by atoms with Gasteiger partial charge >= 0.3 is 0 Å². The lowest BCUT2D eigenvalue weighted by molar-refractivity contribution is -0.118. The number of rotatable bonds is 6. The fourth-order valence-corrected chi connectivity index (χ4v) is 1.97. The van der Waals surface area contributed by atoms with E-state index in [1.54, 1.807) is 18.2 Å². The highest BCUT2D eigenvalue weighted by Crippen LogP contribution is 2.27. The number of methoxy groups -OCH3 is 1. The average Bonchev–Trinajstić information content (AvgIpc) is 2.35. The SMILES string of the molecule is COc1c(N)cccc1C(=O)N(CC(N)=O)CC(C)C. The molecule has 0 saturated carbocycles. The van der Waals surface area contributed by atoms with Gasteiger partial charge in [0.2, 0.25) is 5.91 Å². The Hall–Kier alpha value is -2.24. The van der Waals surface area contributed by atoms with Crippen LogP contribution in [0.4, 0.5) is 5.69 Å². The van der Waals surface area contributed by atoms with E-state index in [9.17, 15) is 9.59 Å². The molecule has 2 amide bonds. The predicted octanol–water partition coefficient (Wildman–Crippen LogP) is 0.861. The van der Waals surface area contributed by atoms with E-state index in [1.807, 2.05) is 13.8 Å². The van der Waals surface area contributed by atoms with Crippen molar-refractivity contribution in [3.05, 3.63) is 23.8 Å². The van der Waals surface area contributed by atoms with Gasteiger partial charge in [0, 0.05) is 6.54 Å². The minimum atomic E-state index is -0.554. The Bertz CT molecular complexity index is 500. The Balaban J connectivity index is 3.11. The summed E-state index contributed by atoms with van der Waals surface area (Å²) in [5, 5.41) is 0. The van der Waals surface area contributed by atoms with Crippen LogP contribution in [-0.4, -0.2) is 36.9 Å². The van der Waals surface area contributed by atoms with Gasteiger partial charge in [0.1, 0.15) is 0 Å². The Labute approximate surface area is 118 Å². The number of hydrogen-bond donors (Lipinski definition) is 2. The number of nitrogen functional groups attached to an aromatic ring is 1. The van der Waals surface area contributed by atoms with Crippen molar-refractivity contribution in [2.45, 2.75) is 13.8 Å². The normalized spacial score (nSPS) is 10.4. The van der Waals surface area contributed by atoms with Crippen LogP contribution in [-0.2, 0) is 4.79 Å². The molecule has 1 aromatic rings. The first-order valence-electron chi connectivity index (χ1n) is 6.36. The summed E-state index contributed by atoms with van der Waals surface area (Å²) in [5.74, 6) is -0.343. The van der Waals surface area contributed by atoms with E-state index in [4.69, 9.17) is 16.2 Å². The van der Waals surface area contributed by atoms with E-state index in [0.717, 1.165) is 0 Å². The van der Waals surface area contributed by atoms with E-state index in [1.165, 1.54) is 12.0 Å². The second-order valence-electron chi connectivity index (χ2n) is 4.97. The maximum Gasteiger partial charge on any atom is 0.258 e. The standard InChI is InChI=1S/C14H21N3O3/c1-9(2)7-17(8-12(16)18)14(19)10-5-4-6-11(15)13(10)20-3/h4-6,9H,7-8,15H2,1-3H3,(H2,16,18). The monoisotopic (exact) mass is 279 g/mol. The maximum absolute atomic E-state index is 12.5. The lowest BCUT2D eigenvalue weighted by atomic mass is 10.1. The van der Waals surface area contributed by atoms with Crippen LogP contribution in [0.3, 0.4) is 0 Å². The Morgan fingerprint density at radius 2 is 2.00 bits per heavy atom. The molecular weight excluding hydrogens is 258 g/mol. The first-order valence-corrected chi connectivity index (χ1v) is 6.36. The molecule has 0 aliphatic rings. The quantitative estimate of drug-likeness (QED) is 0.754.